The summed E-state index contributed by atoms with van der Waals surface area (Å²) in [5.41, 5.74) is 0.340. The van der Waals surface area contributed by atoms with Crippen molar-refractivity contribution in [1.29, 1.82) is 0 Å². The Hall–Kier alpha value is -0.340. The summed E-state index contributed by atoms with van der Waals surface area (Å²) in [6.45, 7) is 4.49. The fraction of sp³-hybridized carbons (Fsp3) is 0.857. The van der Waals surface area contributed by atoms with Crippen LogP contribution in [0.2, 0.25) is 0 Å². The standard InChI is InChI=1S/C14H23NO/c1-3-11(4-2)12-13(15(12)16)14-7-5-10(9-14)6-8-14/h5,7,10-13,16H,3-4,6,8-9H2,1-2H3/t10?,12-,13?,14?,15?/m1/s1. The van der Waals surface area contributed by atoms with Gasteiger partial charge < -0.3 is 5.21 Å². The largest absolute Gasteiger partial charge is 0.313 e. The SMILES string of the molecule is CCC(CC)[C@@H]1C(C23C=CC(CC2)C3)N1O. The third-order valence-corrected chi connectivity index (χ3v) is 5.27. The molecule has 0 aromatic rings. The van der Waals surface area contributed by atoms with E-state index < -0.39 is 0 Å². The van der Waals surface area contributed by atoms with Gasteiger partial charge in [-0.15, -0.1) is 0 Å². The molecule has 2 fully saturated rings. The molecule has 1 saturated carbocycles. The molecule has 1 N–H and O–H groups in total. The second-order valence-electron chi connectivity index (χ2n) is 5.99. The van der Waals surface area contributed by atoms with E-state index in [1.807, 2.05) is 0 Å². The maximum atomic E-state index is 10.1. The lowest BCUT2D eigenvalue weighted by Crippen LogP contribution is -2.24. The zero-order chi connectivity index (χ0) is 11.3. The average Bonchev–Trinajstić information content (AvgIpc) is 2.70. The van der Waals surface area contributed by atoms with Crippen LogP contribution in [0.15, 0.2) is 12.2 Å². The van der Waals surface area contributed by atoms with E-state index in [0.29, 0.717) is 23.4 Å². The van der Waals surface area contributed by atoms with Crippen LogP contribution in [0.3, 0.4) is 0 Å². The fourth-order valence-corrected chi connectivity index (χ4v) is 4.24. The van der Waals surface area contributed by atoms with E-state index in [1.165, 1.54) is 32.1 Å². The summed E-state index contributed by atoms with van der Waals surface area (Å²) < 4.78 is 0. The predicted octanol–water partition coefficient (Wildman–Crippen LogP) is 3.22. The summed E-state index contributed by atoms with van der Waals surface area (Å²) in [5, 5.41) is 11.8. The number of hydrogen-bond donors (Lipinski definition) is 1. The van der Waals surface area contributed by atoms with Crippen molar-refractivity contribution in [3.8, 4) is 0 Å². The molecule has 5 atom stereocenters. The number of rotatable bonds is 4. The highest BCUT2D eigenvalue weighted by molar-refractivity contribution is 5.25. The molecule has 1 heterocycles. The Morgan fingerprint density at radius 1 is 1.44 bits per heavy atom. The summed E-state index contributed by atoms with van der Waals surface area (Å²) in [7, 11) is 0. The van der Waals surface area contributed by atoms with Crippen molar-refractivity contribution in [1.82, 2.24) is 5.06 Å². The molecule has 2 nitrogen and oxygen atoms in total. The number of fused-ring (bicyclic) bond motifs is 2. The van der Waals surface area contributed by atoms with Gasteiger partial charge in [0.1, 0.15) is 0 Å². The molecule has 4 unspecified atom stereocenters. The Kier molecular flexibility index (Phi) is 2.41. The van der Waals surface area contributed by atoms with Gasteiger partial charge in [-0.25, -0.2) is 0 Å². The van der Waals surface area contributed by atoms with Gasteiger partial charge >= 0.3 is 0 Å². The van der Waals surface area contributed by atoms with E-state index in [0.717, 1.165) is 5.92 Å². The van der Waals surface area contributed by atoms with Crippen LogP contribution in [0.5, 0.6) is 0 Å². The lowest BCUT2D eigenvalue weighted by molar-refractivity contribution is -0.0149. The Balaban J connectivity index is 1.76. The molecule has 2 bridgehead atoms. The van der Waals surface area contributed by atoms with Crippen molar-refractivity contribution >= 4 is 0 Å². The Morgan fingerprint density at radius 3 is 2.62 bits per heavy atom. The van der Waals surface area contributed by atoms with Crippen molar-refractivity contribution in [3.63, 3.8) is 0 Å². The van der Waals surface area contributed by atoms with Crippen LogP contribution in [-0.2, 0) is 0 Å². The lowest BCUT2D eigenvalue weighted by atomic mass is 9.79. The van der Waals surface area contributed by atoms with Crippen LogP contribution >= 0.6 is 0 Å². The molecule has 16 heavy (non-hydrogen) atoms. The van der Waals surface area contributed by atoms with Crippen LogP contribution in [0, 0.1) is 17.3 Å². The van der Waals surface area contributed by atoms with Crippen molar-refractivity contribution < 1.29 is 5.21 Å². The fourth-order valence-electron chi connectivity index (χ4n) is 4.24. The number of allylic oxidation sites excluding steroid dienone is 1. The highest BCUT2D eigenvalue weighted by Crippen LogP contribution is 2.59. The first kappa shape index (κ1) is 10.8. The monoisotopic (exact) mass is 221 g/mol. The minimum absolute atomic E-state index is 0.340. The van der Waals surface area contributed by atoms with Crippen LogP contribution < -0.4 is 0 Å². The van der Waals surface area contributed by atoms with E-state index in [4.69, 9.17) is 0 Å². The third-order valence-electron chi connectivity index (χ3n) is 5.27. The van der Waals surface area contributed by atoms with Gasteiger partial charge in [-0.1, -0.05) is 38.8 Å². The molecule has 3 aliphatic rings. The Bertz CT molecular complexity index is 310. The minimum Gasteiger partial charge on any atom is -0.313 e. The van der Waals surface area contributed by atoms with Gasteiger partial charge in [-0.3, -0.25) is 0 Å². The first-order valence-electron chi connectivity index (χ1n) is 6.88. The first-order valence-corrected chi connectivity index (χ1v) is 6.88. The molecule has 3 rings (SSSR count). The van der Waals surface area contributed by atoms with Gasteiger partial charge in [0.05, 0.1) is 12.1 Å². The second kappa shape index (κ2) is 3.58. The van der Waals surface area contributed by atoms with Crippen LogP contribution in [-0.4, -0.2) is 22.4 Å². The summed E-state index contributed by atoms with van der Waals surface area (Å²) in [4.78, 5) is 0. The average molecular weight is 221 g/mol. The Labute approximate surface area is 98.3 Å². The lowest BCUT2D eigenvalue weighted by Gasteiger charge is -2.23. The van der Waals surface area contributed by atoms with E-state index >= 15 is 0 Å². The van der Waals surface area contributed by atoms with E-state index in [9.17, 15) is 5.21 Å². The minimum atomic E-state index is 0.340. The van der Waals surface area contributed by atoms with E-state index in [-0.39, 0.29) is 0 Å². The topological polar surface area (TPSA) is 23.2 Å². The normalized spacial score (nSPS) is 49.2. The highest BCUT2D eigenvalue weighted by atomic mass is 16.5. The molecular weight excluding hydrogens is 198 g/mol. The number of hydrogen-bond acceptors (Lipinski definition) is 2. The zero-order valence-electron chi connectivity index (χ0n) is 10.4. The summed E-state index contributed by atoms with van der Waals surface area (Å²) in [6, 6.07) is 0.873. The summed E-state index contributed by atoms with van der Waals surface area (Å²) >= 11 is 0. The molecule has 0 aromatic heterocycles. The molecule has 1 saturated heterocycles. The third kappa shape index (κ3) is 1.32. The maximum absolute atomic E-state index is 10.1. The van der Waals surface area contributed by atoms with Gasteiger partial charge in [0.25, 0.3) is 0 Å². The first-order chi connectivity index (χ1) is 7.72. The van der Waals surface area contributed by atoms with Crippen molar-refractivity contribution in [2.45, 2.75) is 58.0 Å². The van der Waals surface area contributed by atoms with Gasteiger partial charge in [-0.05, 0) is 31.1 Å². The van der Waals surface area contributed by atoms with Crippen LogP contribution in [0.25, 0.3) is 0 Å². The quantitative estimate of drug-likeness (QED) is 0.582. The van der Waals surface area contributed by atoms with Gasteiger partial charge in [0.15, 0.2) is 0 Å². The zero-order valence-corrected chi connectivity index (χ0v) is 10.4. The van der Waals surface area contributed by atoms with Gasteiger partial charge in [-0.2, -0.15) is 5.06 Å². The van der Waals surface area contributed by atoms with Crippen molar-refractivity contribution in [3.05, 3.63) is 12.2 Å². The number of hydroxylamine groups is 2. The number of nitrogens with zero attached hydrogens (tertiary/aromatic N) is 1. The molecule has 0 amide bonds. The van der Waals surface area contributed by atoms with Gasteiger partial charge in [0, 0.05) is 5.41 Å². The van der Waals surface area contributed by atoms with E-state index in [2.05, 4.69) is 26.0 Å². The molecule has 2 heteroatoms. The smallest absolute Gasteiger partial charge is 0.0626 e. The predicted molar refractivity (Wildman–Crippen MR) is 64.2 cm³/mol. The molecule has 0 radical (unpaired) electrons. The van der Waals surface area contributed by atoms with Crippen molar-refractivity contribution in [2.75, 3.05) is 0 Å². The molecule has 0 aromatic carbocycles. The maximum Gasteiger partial charge on any atom is 0.0626 e. The second-order valence-corrected chi connectivity index (χ2v) is 5.99. The van der Waals surface area contributed by atoms with Crippen LogP contribution in [0.4, 0.5) is 0 Å². The molecule has 2 aliphatic carbocycles. The summed E-state index contributed by atoms with van der Waals surface area (Å²) in [5.74, 6) is 1.49. The molecular formula is C14H23NO. The summed E-state index contributed by atoms with van der Waals surface area (Å²) in [6.07, 6.45) is 11.1. The van der Waals surface area contributed by atoms with Gasteiger partial charge in [0.2, 0.25) is 0 Å². The van der Waals surface area contributed by atoms with Crippen molar-refractivity contribution in [2.24, 2.45) is 17.3 Å². The molecule has 90 valence electrons. The Morgan fingerprint density at radius 2 is 2.19 bits per heavy atom. The highest BCUT2D eigenvalue weighted by Gasteiger charge is 2.63. The molecule has 1 aliphatic heterocycles. The molecule has 0 spiro atoms. The van der Waals surface area contributed by atoms with E-state index in [1.54, 1.807) is 5.06 Å². The van der Waals surface area contributed by atoms with Crippen LogP contribution in [0.1, 0.15) is 46.0 Å².